The molecule has 0 radical (unpaired) electrons. The van der Waals surface area contributed by atoms with E-state index in [1.54, 1.807) is 6.33 Å². The van der Waals surface area contributed by atoms with Crippen molar-refractivity contribution < 1.29 is 9.53 Å². The van der Waals surface area contributed by atoms with Crippen molar-refractivity contribution in [3.8, 4) is 0 Å². The average molecular weight is 330 g/mol. The number of aryl methyl sites for hydroxylation is 2. The smallest absolute Gasteiger partial charge is 0.251 e. The molecule has 0 saturated carbocycles. The number of fused-ring (bicyclic) bond motifs is 1. The second kappa shape index (κ2) is 6.01. The van der Waals surface area contributed by atoms with Gasteiger partial charge in [-0.15, -0.1) is 0 Å². The van der Waals surface area contributed by atoms with Gasteiger partial charge in [0, 0.05) is 39.8 Å². The Morgan fingerprint density at radius 2 is 2.04 bits per heavy atom. The fourth-order valence-corrected chi connectivity index (χ4v) is 3.60. The molecule has 128 valence electrons. The number of carbonyl (C=O) groups is 1. The highest BCUT2D eigenvalue weighted by Crippen LogP contribution is 2.25. The number of ether oxygens (including phenoxy) is 1. The van der Waals surface area contributed by atoms with Crippen molar-refractivity contribution in [1.82, 2.24) is 24.6 Å². The Morgan fingerprint density at radius 1 is 1.25 bits per heavy atom. The number of amides is 1. The predicted octanol–water partition coefficient (Wildman–Crippen LogP) is 0.499. The first-order valence-electron chi connectivity index (χ1n) is 8.45. The third kappa shape index (κ3) is 2.50. The lowest BCUT2D eigenvalue weighted by Gasteiger charge is -2.36. The van der Waals surface area contributed by atoms with Gasteiger partial charge in [-0.1, -0.05) is 0 Å². The molecule has 2 aliphatic rings. The van der Waals surface area contributed by atoms with E-state index in [-0.39, 0.29) is 12.0 Å². The Bertz CT molecular complexity index is 759. The van der Waals surface area contributed by atoms with Gasteiger partial charge in [0.05, 0.1) is 5.69 Å². The van der Waals surface area contributed by atoms with Crippen LogP contribution in [0.25, 0.3) is 11.0 Å². The van der Waals surface area contributed by atoms with E-state index >= 15 is 0 Å². The lowest BCUT2D eigenvalue weighted by atomic mass is 10.2. The molecule has 1 atom stereocenters. The molecule has 4 heterocycles. The van der Waals surface area contributed by atoms with Crippen LogP contribution in [0, 0.1) is 6.92 Å². The van der Waals surface area contributed by atoms with Crippen molar-refractivity contribution in [3.05, 3.63) is 12.0 Å². The number of nitrogens with zero attached hydrogens (tertiary/aromatic N) is 6. The highest BCUT2D eigenvalue weighted by Gasteiger charge is 2.31. The maximum atomic E-state index is 12.5. The van der Waals surface area contributed by atoms with Crippen LogP contribution in [-0.2, 0) is 16.6 Å². The van der Waals surface area contributed by atoms with Gasteiger partial charge in [0.15, 0.2) is 5.82 Å². The predicted molar refractivity (Wildman–Crippen MR) is 88.8 cm³/mol. The quantitative estimate of drug-likeness (QED) is 0.798. The van der Waals surface area contributed by atoms with Crippen LogP contribution in [0.4, 0.5) is 5.82 Å². The Balaban J connectivity index is 1.51. The molecule has 2 fully saturated rings. The van der Waals surface area contributed by atoms with Crippen LogP contribution in [0.5, 0.6) is 0 Å². The summed E-state index contributed by atoms with van der Waals surface area (Å²) in [5, 5.41) is 4.45. The number of carbonyl (C=O) groups excluding carboxylic acids is 1. The van der Waals surface area contributed by atoms with Gasteiger partial charge in [0.25, 0.3) is 5.91 Å². The van der Waals surface area contributed by atoms with Gasteiger partial charge in [-0.05, 0) is 19.8 Å². The molecule has 0 aliphatic carbocycles. The SMILES string of the molecule is Cc1nn(C)c2c(N3CCN(C(=O)[C@H]4CCCO4)CC3)ncnc12. The van der Waals surface area contributed by atoms with Gasteiger partial charge >= 0.3 is 0 Å². The van der Waals surface area contributed by atoms with Crippen molar-refractivity contribution >= 4 is 22.8 Å². The molecule has 8 heteroatoms. The van der Waals surface area contributed by atoms with Crippen molar-refractivity contribution in [2.75, 3.05) is 37.7 Å². The summed E-state index contributed by atoms with van der Waals surface area (Å²) in [5.41, 5.74) is 2.75. The molecule has 2 saturated heterocycles. The van der Waals surface area contributed by atoms with Crippen molar-refractivity contribution in [2.24, 2.45) is 7.05 Å². The molecule has 4 rings (SSSR count). The fourth-order valence-electron chi connectivity index (χ4n) is 3.60. The molecule has 8 nitrogen and oxygen atoms in total. The van der Waals surface area contributed by atoms with E-state index in [4.69, 9.17) is 4.74 Å². The van der Waals surface area contributed by atoms with E-state index in [0.717, 1.165) is 48.5 Å². The Labute approximate surface area is 140 Å². The summed E-state index contributed by atoms with van der Waals surface area (Å²) < 4.78 is 7.36. The molecule has 2 aromatic heterocycles. The molecule has 2 aromatic rings. The number of aromatic nitrogens is 4. The largest absolute Gasteiger partial charge is 0.368 e. The molecule has 24 heavy (non-hydrogen) atoms. The number of piperazine rings is 1. The first-order valence-corrected chi connectivity index (χ1v) is 8.45. The van der Waals surface area contributed by atoms with Crippen molar-refractivity contribution in [3.63, 3.8) is 0 Å². The van der Waals surface area contributed by atoms with E-state index in [2.05, 4.69) is 20.0 Å². The number of hydrogen-bond acceptors (Lipinski definition) is 6. The summed E-state index contributed by atoms with van der Waals surface area (Å²) in [7, 11) is 1.92. The highest BCUT2D eigenvalue weighted by molar-refractivity contribution is 5.88. The van der Waals surface area contributed by atoms with Gasteiger partial charge < -0.3 is 14.5 Å². The third-order valence-corrected chi connectivity index (χ3v) is 4.87. The standard InChI is InChI=1S/C16H22N6O2/c1-11-13-14(20(2)19-11)15(18-10-17-13)21-5-7-22(8-6-21)16(23)12-4-3-9-24-12/h10,12H,3-9H2,1-2H3/t12-/m1/s1. The summed E-state index contributed by atoms with van der Waals surface area (Å²) in [4.78, 5) is 25.4. The minimum absolute atomic E-state index is 0.136. The lowest BCUT2D eigenvalue weighted by molar-refractivity contribution is -0.141. The number of anilines is 1. The van der Waals surface area contributed by atoms with Gasteiger partial charge in [-0.2, -0.15) is 5.10 Å². The highest BCUT2D eigenvalue weighted by atomic mass is 16.5. The second-order valence-corrected chi connectivity index (χ2v) is 6.42. The van der Waals surface area contributed by atoms with Crippen molar-refractivity contribution in [1.29, 1.82) is 0 Å². The van der Waals surface area contributed by atoms with Crippen LogP contribution in [0.2, 0.25) is 0 Å². The minimum atomic E-state index is -0.234. The van der Waals surface area contributed by atoms with Crippen LogP contribution in [0.3, 0.4) is 0 Å². The molecule has 0 N–H and O–H groups in total. The molecule has 1 amide bonds. The Morgan fingerprint density at radius 3 is 2.75 bits per heavy atom. The number of hydrogen-bond donors (Lipinski definition) is 0. The maximum Gasteiger partial charge on any atom is 0.251 e. The summed E-state index contributed by atoms with van der Waals surface area (Å²) in [6, 6.07) is 0. The van der Waals surface area contributed by atoms with Gasteiger partial charge in [-0.3, -0.25) is 9.48 Å². The maximum absolute atomic E-state index is 12.5. The van der Waals surface area contributed by atoms with Crippen LogP contribution in [-0.4, -0.2) is 69.4 Å². The summed E-state index contributed by atoms with van der Waals surface area (Å²) in [6.07, 6.45) is 3.19. The van der Waals surface area contributed by atoms with Crippen LogP contribution >= 0.6 is 0 Å². The van der Waals surface area contributed by atoms with Gasteiger partial charge in [0.1, 0.15) is 23.5 Å². The first-order chi connectivity index (χ1) is 11.6. The molecule has 0 spiro atoms. The van der Waals surface area contributed by atoms with Crippen LogP contribution in [0.1, 0.15) is 18.5 Å². The van der Waals surface area contributed by atoms with Gasteiger partial charge in [0.2, 0.25) is 0 Å². The normalized spacial score (nSPS) is 21.7. The van der Waals surface area contributed by atoms with Crippen molar-refractivity contribution in [2.45, 2.75) is 25.9 Å². The van der Waals surface area contributed by atoms with E-state index in [1.807, 2.05) is 23.6 Å². The molecule has 0 bridgehead atoms. The third-order valence-electron chi connectivity index (χ3n) is 4.87. The molecule has 0 aromatic carbocycles. The Kier molecular flexibility index (Phi) is 3.84. The summed E-state index contributed by atoms with van der Waals surface area (Å²) in [6.45, 7) is 5.57. The number of rotatable bonds is 2. The molecular formula is C16H22N6O2. The van der Waals surface area contributed by atoms with E-state index in [9.17, 15) is 4.79 Å². The van der Waals surface area contributed by atoms with Crippen LogP contribution < -0.4 is 4.90 Å². The van der Waals surface area contributed by atoms with Crippen LogP contribution in [0.15, 0.2) is 6.33 Å². The second-order valence-electron chi connectivity index (χ2n) is 6.42. The monoisotopic (exact) mass is 330 g/mol. The Hall–Kier alpha value is -2.22. The molecule has 2 aliphatic heterocycles. The zero-order chi connectivity index (χ0) is 16.7. The topological polar surface area (TPSA) is 76.4 Å². The zero-order valence-corrected chi connectivity index (χ0v) is 14.1. The van der Waals surface area contributed by atoms with E-state index in [0.29, 0.717) is 19.7 Å². The first kappa shape index (κ1) is 15.3. The zero-order valence-electron chi connectivity index (χ0n) is 14.1. The minimum Gasteiger partial charge on any atom is -0.368 e. The van der Waals surface area contributed by atoms with E-state index < -0.39 is 0 Å². The molecule has 0 unspecified atom stereocenters. The van der Waals surface area contributed by atoms with E-state index in [1.165, 1.54) is 0 Å². The summed E-state index contributed by atoms with van der Waals surface area (Å²) in [5.74, 6) is 1.03. The fraction of sp³-hybridized carbons (Fsp3) is 0.625. The van der Waals surface area contributed by atoms with Gasteiger partial charge in [-0.25, -0.2) is 9.97 Å². The average Bonchev–Trinajstić information content (AvgIpc) is 3.23. The molecular weight excluding hydrogens is 308 g/mol. The summed E-state index contributed by atoms with van der Waals surface area (Å²) >= 11 is 0. The lowest BCUT2D eigenvalue weighted by Crippen LogP contribution is -2.51.